The molecule has 0 spiro atoms. The standard InChI is InChI=1S/C16H14F4O/c1-2-12-6-7-14(9-15(12)17)21-10-11-4-3-5-13(8-11)16(18,19)20/h3-9H,2,10H2,1H3. The molecule has 0 saturated heterocycles. The zero-order valence-corrected chi connectivity index (χ0v) is 11.4. The van der Waals surface area contributed by atoms with Crippen LogP contribution in [0, 0.1) is 5.82 Å². The van der Waals surface area contributed by atoms with Crippen molar-refractivity contribution in [3.63, 3.8) is 0 Å². The van der Waals surface area contributed by atoms with Crippen molar-refractivity contribution in [3.8, 4) is 5.75 Å². The summed E-state index contributed by atoms with van der Waals surface area (Å²) in [5.74, 6) is -0.0823. The highest BCUT2D eigenvalue weighted by Crippen LogP contribution is 2.29. The summed E-state index contributed by atoms with van der Waals surface area (Å²) in [7, 11) is 0. The Bertz CT molecular complexity index is 620. The fourth-order valence-electron chi connectivity index (χ4n) is 1.91. The first-order chi connectivity index (χ1) is 9.90. The molecule has 0 unspecified atom stereocenters. The first kappa shape index (κ1) is 15.4. The Labute approximate surface area is 120 Å². The van der Waals surface area contributed by atoms with Crippen molar-refractivity contribution in [3.05, 3.63) is 65.0 Å². The third-order valence-electron chi connectivity index (χ3n) is 3.07. The minimum Gasteiger partial charge on any atom is -0.489 e. The predicted molar refractivity (Wildman–Crippen MR) is 71.6 cm³/mol. The van der Waals surface area contributed by atoms with Crippen LogP contribution < -0.4 is 4.74 Å². The van der Waals surface area contributed by atoms with Crippen LogP contribution in [-0.4, -0.2) is 0 Å². The lowest BCUT2D eigenvalue weighted by molar-refractivity contribution is -0.137. The highest BCUT2D eigenvalue weighted by molar-refractivity contribution is 5.30. The predicted octanol–water partition coefficient (Wildman–Crippen LogP) is 4.99. The molecule has 0 amide bonds. The van der Waals surface area contributed by atoms with Gasteiger partial charge >= 0.3 is 6.18 Å². The van der Waals surface area contributed by atoms with Gasteiger partial charge in [-0.1, -0.05) is 25.1 Å². The van der Waals surface area contributed by atoms with E-state index in [9.17, 15) is 17.6 Å². The van der Waals surface area contributed by atoms with E-state index in [1.54, 1.807) is 12.1 Å². The van der Waals surface area contributed by atoms with E-state index >= 15 is 0 Å². The molecule has 0 heterocycles. The summed E-state index contributed by atoms with van der Waals surface area (Å²) in [6.45, 7) is 1.79. The van der Waals surface area contributed by atoms with Crippen LogP contribution in [0.2, 0.25) is 0 Å². The number of ether oxygens (including phenoxy) is 1. The highest BCUT2D eigenvalue weighted by Gasteiger charge is 2.30. The second-order valence-electron chi connectivity index (χ2n) is 4.59. The van der Waals surface area contributed by atoms with Crippen LogP contribution in [0.1, 0.15) is 23.6 Å². The van der Waals surface area contributed by atoms with Crippen LogP contribution in [0.5, 0.6) is 5.75 Å². The Morgan fingerprint density at radius 3 is 2.43 bits per heavy atom. The van der Waals surface area contributed by atoms with Crippen LogP contribution in [0.3, 0.4) is 0 Å². The average Bonchev–Trinajstić information content (AvgIpc) is 2.45. The maximum atomic E-state index is 13.6. The molecule has 0 bridgehead atoms. The molecule has 0 saturated carbocycles. The van der Waals surface area contributed by atoms with Gasteiger partial charge in [-0.3, -0.25) is 0 Å². The molecule has 112 valence electrons. The molecule has 0 N–H and O–H groups in total. The molecule has 0 aliphatic carbocycles. The summed E-state index contributed by atoms with van der Waals surface area (Å²) in [6.07, 6.45) is -3.81. The number of halogens is 4. The van der Waals surface area contributed by atoms with Crippen LogP contribution in [0.25, 0.3) is 0 Å². The van der Waals surface area contributed by atoms with Crippen molar-refractivity contribution in [2.75, 3.05) is 0 Å². The molecule has 0 aliphatic rings. The van der Waals surface area contributed by atoms with Crippen molar-refractivity contribution in [2.24, 2.45) is 0 Å². The Kier molecular flexibility index (Phi) is 4.50. The summed E-state index contributed by atoms with van der Waals surface area (Å²) in [4.78, 5) is 0. The van der Waals surface area contributed by atoms with Crippen LogP contribution >= 0.6 is 0 Å². The molecule has 2 aromatic rings. The van der Waals surface area contributed by atoms with Gasteiger partial charge in [-0.2, -0.15) is 13.2 Å². The molecule has 1 nitrogen and oxygen atoms in total. The van der Waals surface area contributed by atoms with E-state index in [0.717, 1.165) is 12.1 Å². The van der Waals surface area contributed by atoms with Crippen molar-refractivity contribution in [1.29, 1.82) is 0 Å². The van der Waals surface area contributed by atoms with Gasteiger partial charge in [0.25, 0.3) is 0 Å². The van der Waals surface area contributed by atoms with Crippen molar-refractivity contribution in [2.45, 2.75) is 26.1 Å². The Morgan fingerprint density at radius 2 is 1.81 bits per heavy atom. The highest BCUT2D eigenvalue weighted by atomic mass is 19.4. The van der Waals surface area contributed by atoms with Gasteiger partial charge in [-0.15, -0.1) is 0 Å². The van der Waals surface area contributed by atoms with E-state index in [-0.39, 0.29) is 12.4 Å². The molecular weight excluding hydrogens is 284 g/mol. The van der Waals surface area contributed by atoms with E-state index in [1.807, 2.05) is 6.92 Å². The molecule has 0 aliphatic heterocycles. The normalized spacial score (nSPS) is 11.5. The van der Waals surface area contributed by atoms with Crippen LogP contribution in [-0.2, 0) is 19.2 Å². The second kappa shape index (κ2) is 6.16. The van der Waals surface area contributed by atoms with E-state index in [1.165, 1.54) is 18.2 Å². The lowest BCUT2D eigenvalue weighted by Crippen LogP contribution is -2.06. The van der Waals surface area contributed by atoms with Gasteiger partial charge in [0.15, 0.2) is 0 Å². The minimum absolute atomic E-state index is 0.0468. The minimum atomic E-state index is -4.38. The molecule has 0 fully saturated rings. The van der Waals surface area contributed by atoms with Gasteiger partial charge in [-0.05, 0) is 35.7 Å². The maximum Gasteiger partial charge on any atom is 0.416 e. The summed E-state index contributed by atoms with van der Waals surface area (Å²) in [5.41, 5.74) is 0.224. The third kappa shape index (κ3) is 3.97. The van der Waals surface area contributed by atoms with Crippen LogP contribution in [0.15, 0.2) is 42.5 Å². The number of alkyl halides is 3. The summed E-state index contributed by atoms with van der Waals surface area (Å²) < 4.78 is 56.6. The van der Waals surface area contributed by atoms with Gasteiger partial charge < -0.3 is 4.74 Å². The summed E-state index contributed by atoms with van der Waals surface area (Å²) >= 11 is 0. The Hall–Kier alpha value is -2.04. The van der Waals surface area contributed by atoms with Gasteiger partial charge in [0, 0.05) is 6.07 Å². The van der Waals surface area contributed by atoms with Crippen molar-refractivity contribution in [1.82, 2.24) is 0 Å². The number of hydrogen-bond acceptors (Lipinski definition) is 1. The zero-order chi connectivity index (χ0) is 15.5. The molecule has 2 aromatic carbocycles. The third-order valence-corrected chi connectivity index (χ3v) is 3.07. The average molecular weight is 298 g/mol. The topological polar surface area (TPSA) is 9.23 Å². The molecule has 0 radical (unpaired) electrons. The summed E-state index contributed by atoms with van der Waals surface area (Å²) in [6, 6.07) is 9.34. The maximum absolute atomic E-state index is 13.6. The van der Waals surface area contributed by atoms with E-state index in [2.05, 4.69) is 0 Å². The van der Waals surface area contributed by atoms with E-state index < -0.39 is 11.7 Å². The molecule has 0 aromatic heterocycles. The smallest absolute Gasteiger partial charge is 0.416 e. The fraction of sp³-hybridized carbons (Fsp3) is 0.250. The lowest BCUT2D eigenvalue weighted by atomic mass is 10.1. The van der Waals surface area contributed by atoms with Crippen molar-refractivity contribution < 1.29 is 22.3 Å². The first-order valence-corrected chi connectivity index (χ1v) is 6.47. The van der Waals surface area contributed by atoms with E-state index in [4.69, 9.17) is 4.74 Å². The van der Waals surface area contributed by atoms with Gasteiger partial charge in [-0.25, -0.2) is 4.39 Å². The molecule has 21 heavy (non-hydrogen) atoms. The van der Waals surface area contributed by atoms with E-state index in [0.29, 0.717) is 23.3 Å². The molecule has 5 heteroatoms. The largest absolute Gasteiger partial charge is 0.489 e. The Morgan fingerprint density at radius 1 is 1.05 bits per heavy atom. The number of benzene rings is 2. The zero-order valence-electron chi connectivity index (χ0n) is 11.4. The summed E-state index contributed by atoms with van der Waals surface area (Å²) in [5, 5.41) is 0. The number of rotatable bonds is 4. The number of hydrogen-bond donors (Lipinski definition) is 0. The van der Waals surface area contributed by atoms with Gasteiger partial charge in [0.05, 0.1) is 5.56 Å². The van der Waals surface area contributed by atoms with Crippen molar-refractivity contribution >= 4 is 0 Å². The molecule has 0 atom stereocenters. The number of aryl methyl sites for hydroxylation is 1. The van der Waals surface area contributed by atoms with Gasteiger partial charge in [0.1, 0.15) is 18.2 Å². The Balaban J connectivity index is 2.08. The SMILES string of the molecule is CCc1ccc(OCc2cccc(C(F)(F)F)c2)cc1F. The molecule has 2 rings (SSSR count). The first-order valence-electron chi connectivity index (χ1n) is 6.47. The second-order valence-corrected chi connectivity index (χ2v) is 4.59. The molecular formula is C16H14F4O. The van der Waals surface area contributed by atoms with Crippen LogP contribution in [0.4, 0.5) is 17.6 Å². The van der Waals surface area contributed by atoms with Gasteiger partial charge in [0.2, 0.25) is 0 Å². The quantitative estimate of drug-likeness (QED) is 0.723. The fourth-order valence-corrected chi connectivity index (χ4v) is 1.91. The lowest BCUT2D eigenvalue weighted by Gasteiger charge is -2.10. The monoisotopic (exact) mass is 298 g/mol.